The summed E-state index contributed by atoms with van der Waals surface area (Å²) in [6, 6.07) is 7.62. The van der Waals surface area contributed by atoms with Crippen molar-refractivity contribution in [2.45, 2.75) is 31.8 Å². The molecule has 5 heteroatoms. The van der Waals surface area contributed by atoms with E-state index in [2.05, 4.69) is 9.55 Å². The number of imidazole rings is 1. The molecule has 2 aromatic rings. The SMILES string of the molecule is Cn1c(CN2CCCCC2C(=O)O)nc2ccccc21. The number of aromatic nitrogens is 2. The molecule has 106 valence electrons. The number of aliphatic carboxylic acids is 1. The van der Waals surface area contributed by atoms with Crippen molar-refractivity contribution in [2.75, 3.05) is 6.54 Å². The molecule has 1 unspecified atom stereocenters. The van der Waals surface area contributed by atoms with Crippen LogP contribution in [0, 0.1) is 0 Å². The highest BCUT2D eigenvalue weighted by molar-refractivity contribution is 5.76. The van der Waals surface area contributed by atoms with Crippen molar-refractivity contribution in [1.29, 1.82) is 0 Å². The molecule has 20 heavy (non-hydrogen) atoms. The molecule has 5 nitrogen and oxygen atoms in total. The molecule has 0 amide bonds. The van der Waals surface area contributed by atoms with Crippen LogP contribution in [-0.2, 0) is 18.4 Å². The fourth-order valence-corrected chi connectivity index (χ4v) is 2.98. The third kappa shape index (κ3) is 2.29. The number of carboxylic acid groups (broad SMARTS) is 1. The molecule has 0 saturated carbocycles. The van der Waals surface area contributed by atoms with E-state index >= 15 is 0 Å². The van der Waals surface area contributed by atoms with Gasteiger partial charge in [-0.15, -0.1) is 0 Å². The summed E-state index contributed by atoms with van der Waals surface area (Å²) in [7, 11) is 1.99. The van der Waals surface area contributed by atoms with E-state index in [-0.39, 0.29) is 6.04 Å². The van der Waals surface area contributed by atoms with Crippen LogP contribution >= 0.6 is 0 Å². The second kappa shape index (κ2) is 5.25. The van der Waals surface area contributed by atoms with Crippen LogP contribution in [-0.4, -0.2) is 38.1 Å². The lowest BCUT2D eigenvalue weighted by Crippen LogP contribution is -2.44. The molecule has 1 N–H and O–H groups in total. The topological polar surface area (TPSA) is 58.4 Å². The second-order valence-corrected chi connectivity index (χ2v) is 5.40. The summed E-state index contributed by atoms with van der Waals surface area (Å²) in [6.45, 7) is 1.43. The van der Waals surface area contributed by atoms with E-state index in [9.17, 15) is 9.90 Å². The zero-order chi connectivity index (χ0) is 14.1. The van der Waals surface area contributed by atoms with Crippen molar-refractivity contribution in [2.24, 2.45) is 7.05 Å². The second-order valence-electron chi connectivity index (χ2n) is 5.40. The van der Waals surface area contributed by atoms with Crippen molar-refractivity contribution in [1.82, 2.24) is 14.5 Å². The van der Waals surface area contributed by atoms with Crippen molar-refractivity contribution >= 4 is 17.0 Å². The third-order valence-corrected chi connectivity index (χ3v) is 4.12. The average molecular weight is 273 g/mol. The number of carboxylic acids is 1. The summed E-state index contributed by atoms with van der Waals surface area (Å²) in [5.41, 5.74) is 2.06. The first-order valence-electron chi connectivity index (χ1n) is 7.04. The number of likely N-dealkylation sites (tertiary alicyclic amines) is 1. The fraction of sp³-hybridized carbons (Fsp3) is 0.467. The van der Waals surface area contributed by atoms with E-state index in [1.165, 1.54) is 0 Å². The van der Waals surface area contributed by atoms with Gasteiger partial charge in [0.05, 0.1) is 17.6 Å². The number of carbonyl (C=O) groups is 1. The molecule has 2 heterocycles. The van der Waals surface area contributed by atoms with Gasteiger partial charge in [-0.2, -0.15) is 0 Å². The number of aryl methyl sites for hydroxylation is 1. The van der Waals surface area contributed by atoms with Gasteiger partial charge in [-0.1, -0.05) is 18.6 Å². The Morgan fingerprint density at radius 2 is 2.20 bits per heavy atom. The zero-order valence-electron chi connectivity index (χ0n) is 11.6. The van der Waals surface area contributed by atoms with E-state index in [1.807, 2.05) is 36.2 Å². The number of rotatable bonds is 3. The number of benzene rings is 1. The van der Waals surface area contributed by atoms with Crippen LogP contribution in [0.3, 0.4) is 0 Å². The molecule has 1 fully saturated rings. The Kier molecular flexibility index (Phi) is 3.44. The van der Waals surface area contributed by atoms with Gasteiger partial charge in [0.15, 0.2) is 0 Å². The molecule has 3 rings (SSSR count). The maximum Gasteiger partial charge on any atom is 0.320 e. The largest absolute Gasteiger partial charge is 0.480 e. The highest BCUT2D eigenvalue weighted by Gasteiger charge is 2.29. The van der Waals surface area contributed by atoms with E-state index in [0.717, 1.165) is 42.7 Å². The molecule has 0 radical (unpaired) electrons. The normalized spacial score (nSPS) is 20.4. The van der Waals surface area contributed by atoms with Crippen molar-refractivity contribution in [3.05, 3.63) is 30.1 Å². The number of hydrogen-bond donors (Lipinski definition) is 1. The van der Waals surface area contributed by atoms with Crippen LogP contribution in [0.25, 0.3) is 11.0 Å². The summed E-state index contributed by atoms with van der Waals surface area (Å²) in [6.07, 6.45) is 2.79. The van der Waals surface area contributed by atoms with Crippen molar-refractivity contribution in [3.8, 4) is 0 Å². The van der Waals surface area contributed by atoms with E-state index in [4.69, 9.17) is 0 Å². The van der Waals surface area contributed by atoms with Gasteiger partial charge in [-0.05, 0) is 31.5 Å². The van der Waals surface area contributed by atoms with Crippen LogP contribution < -0.4 is 0 Å². The molecule has 0 bridgehead atoms. The summed E-state index contributed by atoms with van der Waals surface area (Å²) in [4.78, 5) is 18.0. The first-order valence-corrected chi connectivity index (χ1v) is 7.04. The summed E-state index contributed by atoms with van der Waals surface area (Å²) < 4.78 is 2.06. The molecule has 0 spiro atoms. The van der Waals surface area contributed by atoms with Crippen LogP contribution in [0.15, 0.2) is 24.3 Å². The number of nitrogens with zero attached hydrogens (tertiary/aromatic N) is 3. The predicted molar refractivity (Wildman–Crippen MR) is 76.4 cm³/mol. The van der Waals surface area contributed by atoms with Gasteiger partial charge in [0.25, 0.3) is 0 Å². The quantitative estimate of drug-likeness (QED) is 0.929. The minimum absolute atomic E-state index is 0.372. The number of hydrogen-bond acceptors (Lipinski definition) is 3. The molecular weight excluding hydrogens is 254 g/mol. The molecule has 0 aliphatic carbocycles. The van der Waals surface area contributed by atoms with Gasteiger partial charge in [-0.3, -0.25) is 9.69 Å². The number of para-hydroxylation sites is 2. The smallest absolute Gasteiger partial charge is 0.320 e. The van der Waals surface area contributed by atoms with Gasteiger partial charge in [0.2, 0.25) is 0 Å². The minimum Gasteiger partial charge on any atom is -0.480 e. The van der Waals surface area contributed by atoms with Gasteiger partial charge < -0.3 is 9.67 Å². The molecule has 1 aliphatic rings. The molecular formula is C15H19N3O2. The molecule has 1 atom stereocenters. The van der Waals surface area contributed by atoms with Crippen molar-refractivity contribution < 1.29 is 9.90 Å². The highest BCUT2D eigenvalue weighted by Crippen LogP contribution is 2.21. The van der Waals surface area contributed by atoms with Gasteiger partial charge in [0, 0.05) is 7.05 Å². The molecule has 1 aromatic carbocycles. The molecule has 1 aromatic heterocycles. The lowest BCUT2D eigenvalue weighted by Gasteiger charge is -2.32. The third-order valence-electron chi connectivity index (χ3n) is 4.12. The Morgan fingerprint density at radius 1 is 1.40 bits per heavy atom. The predicted octanol–water partition coefficient (Wildman–Crippen LogP) is 2.01. The van der Waals surface area contributed by atoms with Gasteiger partial charge in [0.1, 0.15) is 11.9 Å². The van der Waals surface area contributed by atoms with E-state index in [0.29, 0.717) is 6.54 Å². The summed E-state index contributed by atoms with van der Waals surface area (Å²) in [5.74, 6) is 0.211. The lowest BCUT2D eigenvalue weighted by atomic mass is 10.0. The Labute approximate surface area is 117 Å². The van der Waals surface area contributed by atoms with Crippen LogP contribution in [0.5, 0.6) is 0 Å². The van der Waals surface area contributed by atoms with Gasteiger partial charge in [-0.25, -0.2) is 4.98 Å². The highest BCUT2D eigenvalue weighted by atomic mass is 16.4. The Balaban J connectivity index is 1.88. The van der Waals surface area contributed by atoms with E-state index in [1.54, 1.807) is 0 Å². The van der Waals surface area contributed by atoms with Crippen LogP contribution in [0.2, 0.25) is 0 Å². The fourth-order valence-electron chi connectivity index (χ4n) is 2.98. The maximum atomic E-state index is 11.3. The first-order chi connectivity index (χ1) is 9.66. The van der Waals surface area contributed by atoms with Crippen LogP contribution in [0.1, 0.15) is 25.1 Å². The Bertz CT molecular complexity index is 635. The number of fused-ring (bicyclic) bond motifs is 1. The summed E-state index contributed by atoms with van der Waals surface area (Å²) in [5, 5.41) is 9.33. The van der Waals surface area contributed by atoms with Crippen LogP contribution in [0.4, 0.5) is 0 Å². The van der Waals surface area contributed by atoms with Crippen molar-refractivity contribution in [3.63, 3.8) is 0 Å². The minimum atomic E-state index is -0.719. The van der Waals surface area contributed by atoms with Gasteiger partial charge >= 0.3 is 5.97 Å². The monoisotopic (exact) mass is 273 g/mol. The molecule has 1 aliphatic heterocycles. The molecule has 1 saturated heterocycles. The zero-order valence-corrected chi connectivity index (χ0v) is 11.6. The Morgan fingerprint density at radius 3 is 2.95 bits per heavy atom. The first kappa shape index (κ1) is 13.1. The number of piperidine rings is 1. The standard InChI is InChI=1S/C15H19N3O2/c1-17-12-7-3-2-6-11(12)16-14(17)10-18-9-5-4-8-13(18)15(19)20/h2-3,6-7,13H,4-5,8-10H2,1H3,(H,19,20). The summed E-state index contributed by atoms with van der Waals surface area (Å²) >= 11 is 0. The average Bonchev–Trinajstić information content (AvgIpc) is 2.76. The Hall–Kier alpha value is -1.88. The van der Waals surface area contributed by atoms with E-state index < -0.39 is 5.97 Å². The lowest BCUT2D eigenvalue weighted by molar-refractivity contribution is -0.144. The maximum absolute atomic E-state index is 11.3.